The minimum Gasteiger partial charge on any atom is -0.504 e. The van der Waals surface area contributed by atoms with Crippen LogP contribution in [0.4, 0.5) is 10.5 Å². The van der Waals surface area contributed by atoms with Crippen LogP contribution in [0.15, 0.2) is 47.6 Å². The normalized spacial score (nSPS) is 10.5. The molecule has 0 heterocycles. The number of phenolic OH excluding ortho intramolecular Hbond substituents is 1. The fourth-order valence-corrected chi connectivity index (χ4v) is 1.83. The first-order valence-corrected chi connectivity index (χ1v) is 6.63. The van der Waals surface area contributed by atoms with Gasteiger partial charge in [-0.05, 0) is 30.7 Å². The number of nitrogens with one attached hydrogen (secondary N) is 2. The lowest BCUT2D eigenvalue weighted by molar-refractivity contribution is 0.252. The Labute approximate surface area is 128 Å². The number of nitrogens with zero attached hydrogens (tertiary/aromatic N) is 1. The molecule has 22 heavy (non-hydrogen) atoms. The SMILES string of the molecule is COc1cccc(C=NNC(=O)Nc2ccccc2C)c1O. The van der Waals surface area contributed by atoms with Gasteiger partial charge in [0.1, 0.15) is 0 Å². The number of phenols is 1. The molecule has 0 saturated heterocycles. The highest BCUT2D eigenvalue weighted by atomic mass is 16.5. The van der Waals surface area contributed by atoms with Crippen LogP contribution in [-0.2, 0) is 0 Å². The first kappa shape index (κ1) is 15.4. The van der Waals surface area contributed by atoms with Gasteiger partial charge in [0.25, 0.3) is 0 Å². The number of carbonyl (C=O) groups excluding carboxylic acids is 1. The van der Waals surface area contributed by atoms with E-state index in [9.17, 15) is 9.90 Å². The second-order valence-corrected chi connectivity index (χ2v) is 4.54. The van der Waals surface area contributed by atoms with Crippen LogP contribution < -0.4 is 15.5 Å². The summed E-state index contributed by atoms with van der Waals surface area (Å²) in [7, 11) is 1.46. The predicted octanol–water partition coefficient (Wildman–Crippen LogP) is 2.86. The number of rotatable bonds is 4. The topological polar surface area (TPSA) is 83.0 Å². The number of ether oxygens (including phenoxy) is 1. The average molecular weight is 299 g/mol. The number of urea groups is 1. The van der Waals surface area contributed by atoms with Crippen molar-refractivity contribution in [1.82, 2.24) is 5.43 Å². The Morgan fingerprint density at radius 2 is 2.00 bits per heavy atom. The summed E-state index contributed by atoms with van der Waals surface area (Å²) in [6.45, 7) is 1.90. The molecule has 0 aromatic heterocycles. The summed E-state index contributed by atoms with van der Waals surface area (Å²) < 4.78 is 4.99. The number of para-hydroxylation sites is 2. The lowest BCUT2D eigenvalue weighted by atomic mass is 10.2. The maximum atomic E-state index is 11.7. The van der Waals surface area contributed by atoms with E-state index in [4.69, 9.17) is 4.74 Å². The number of anilines is 1. The van der Waals surface area contributed by atoms with Gasteiger partial charge in [0.05, 0.1) is 13.3 Å². The molecule has 0 fully saturated rings. The van der Waals surface area contributed by atoms with Crippen molar-refractivity contribution in [3.63, 3.8) is 0 Å². The monoisotopic (exact) mass is 299 g/mol. The van der Waals surface area contributed by atoms with E-state index in [0.717, 1.165) is 5.56 Å². The fourth-order valence-electron chi connectivity index (χ4n) is 1.83. The van der Waals surface area contributed by atoms with Gasteiger partial charge in [-0.1, -0.05) is 24.3 Å². The Bertz CT molecular complexity index is 699. The molecule has 114 valence electrons. The van der Waals surface area contributed by atoms with Gasteiger partial charge in [0.15, 0.2) is 11.5 Å². The summed E-state index contributed by atoms with van der Waals surface area (Å²) in [6, 6.07) is 12.0. The zero-order valence-corrected chi connectivity index (χ0v) is 12.3. The molecule has 0 aliphatic heterocycles. The van der Waals surface area contributed by atoms with Crippen molar-refractivity contribution in [3.8, 4) is 11.5 Å². The highest BCUT2D eigenvalue weighted by Gasteiger charge is 2.05. The van der Waals surface area contributed by atoms with Crippen LogP contribution in [0.5, 0.6) is 11.5 Å². The molecule has 0 radical (unpaired) electrons. The van der Waals surface area contributed by atoms with Crippen molar-refractivity contribution in [2.45, 2.75) is 6.92 Å². The average Bonchev–Trinajstić information content (AvgIpc) is 2.51. The molecule has 0 saturated carbocycles. The second-order valence-electron chi connectivity index (χ2n) is 4.54. The summed E-state index contributed by atoms with van der Waals surface area (Å²) in [5.74, 6) is 0.308. The van der Waals surface area contributed by atoms with Crippen molar-refractivity contribution in [3.05, 3.63) is 53.6 Å². The Balaban J connectivity index is 1.98. The summed E-state index contributed by atoms with van der Waals surface area (Å²) in [6.07, 6.45) is 1.34. The van der Waals surface area contributed by atoms with Crippen molar-refractivity contribution in [2.24, 2.45) is 5.10 Å². The van der Waals surface area contributed by atoms with E-state index in [1.807, 2.05) is 25.1 Å². The van der Waals surface area contributed by atoms with Gasteiger partial charge >= 0.3 is 6.03 Å². The number of hydrogen-bond acceptors (Lipinski definition) is 4. The van der Waals surface area contributed by atoms with Crippen molar-refractivity contribution < 1.29 is 14.6 Å². The van der Waals surface area contributed by atoms with E-state index in [1.165, 1.54) is 13.3 Å². The van der Waals surface area contributed by atoms with E-state index in [0.29, 0.717) is 17.0 Å². The molecule has 0 unspecified atom stereocenters. The third-order valence-electron chi connectivity index (χ3n) is 3.01. The van der Waals surface area contributed by atoms with E-state index in [2.05, 4.69) is 15.8 Å². The molecule has 2 rings (SSSR count). The zero-order valence-electron chi connectivity index (χ0n) is 12.3. The molecule has 0 aliphatic rings. The Kier molecular flexibility index (Phi) is 4.98. The third kappa shape index (κ3) is 3.76. The van der Waals surface area contributed by atoms with Gasteiger partial charge in [0.2, 0.25) is 0 Å². The second kappa shape index (κ2) is 7.12. The Hall–Kier alpha value is -3.02. The van der Waals surface area contributed by atoms with Crippen LogP contribution in [0.3, 0.4) is 0 Å². The molecule has 3 N–H and O–H groups in total. The Morgan fingerprint density at radius 1 is 1.23 bits per heavy atom. The smallest absolute Gasteiger partial charge is 0.339 e. The molecule has 0 aliphatic carbocycles. The molecule has 2 amide bonds. The summed E-state index contributed by atoms with van der Waals surface area (Å²) in [5, 5.41) is 16.4. The first-order chi connectivity index (χ1) is 10.6. The standard InChI is InChI=1S/C16H17N3O3/c1-11-6-3-4-8-13(11)18-16(21)19-17-10-12-7-5-9-14(22-2)15(12)20/h3-10,20H,1-2H3,(H2,18,19,21). The lowest BCUT2D eigenvalue weighted by Gasteiger charge is -2.07. The number of amides is 2. The van der Waals surface area contributed by atoms with Gasteiger partial charge < -0.3 is 15.2 Å². The number of aromatic hydroxyl groups is 1. The van der Waals surface area contributed by atoms with Crippen LogP contribution in [0.25, 0.3) is 0 Å². The number of aryl methyl sites for hydroxylation is 1. The number of hydrazone groups is 1. The summed E-state index contributed by atoms with van der Waals surface area (Å²) >= 11 is 0. The number of carbonyl (C=O) groups is 1. The molecule has 6 nitrogen and oxygen atoms in total. The van der Waals surface area contributed by atoms with Gasteiger partial charge in [-0.15, -0.1) is 0 Å². The van der Waals surface area contributed by atoms with E-state index in [1.54, 1.807) is 24.3 Å². The molecular formula is C16H17N3O3. The van der Waals surface area contributed by atoms with Crippen LogP contribution in [-0.4, -0.2) is 24.5 Å². The van der Waals surface area contributed by atoms with Crippen molar-refractivity contribution in [1.29, 1.82) is 0 Å². The maximum absolute atomic E-state index is 11.7. The van der Waals surface area contributed by atoms with Crippen molar-refractivity contribution in [2.75, 3.05) is 12.4 Å². The lowest BCUT2D eigenvalue weighted by Crippen LogP contribution is -2.24. The molecule has 6 heteroatoms. The molecule has 2 aromatic carbocycles. The molecule has 0 atom stereocenters. The molecule has 0 bridgehead atoms. The zero-order chi connectivity index (χ0) is 15.9. The number of methoxy groups -OCH3 is 1. The molecule has 0 spiro atoms. The van der Waals surface area contributed by atoms with Gasteiger partial charge in [0, 0.05) is 11.3 Å². The minimum atomic E-state index is -0.465. The van der Waals surface area contributed by atoms with Crippen LogP contribution in [0.1, 0.15) is 11.1 Å². The van der Waals surface area contributed by atoms with Gasteiger partial charge in [-0.25, -0.2) is 10.2 Å². The highest BCUT2D eigenvalue weighted by Crippen LogP contribution is 2.27. The summed E-state index contributed by atoms with van der Waals surface area (Å²) in [5.41, 5.74) is 4.44. The highest BCUT2D eigenvalue weighted by molar-refractivity contribution is 5.91. The Morgan fingerprint density at radius 3 is 2.73 bits per heavy atom. The maximum Gasteiger partial charge on any atom is 0.339 e. The van der Waals surface area contributed by atoms with Gasteiger partial charge in [-0.3, -0.25) is 0 Å². The third-order valence-corrected chi connectivity index (χ3v) is 3.01. The first-order valence-electron chi connectivity index (χ1n) is 6.63. The summed E-state index contributed by atoms with van der Waals surface area (Å²) in [4.78, 5) is 11.7. The largest absolute Gasteiger partial charge is 0.504 e. The van der Waals surface area contributed by atoms with E-state index in [-0.39, 0.29) is 5.75 Å². The van der Waals surface area contributed by atoms with E-state index >= 15 is 0 Å². The molecule has 2 aromatic rings. The van der Waals surface area contributed by atoms with Crippen molar-refractivity contribution >= 4 is 17.9 Å². The predicted molar refractivity (Wildman–Crippen MR) is 85.6 cm³/mol. The fraction of sp³-hybridized carbons (Fsp3) is 0.125. The van der Waals surface area contributed by atoms with Crippen LogP contribution >= 0.6 is 0 Å². The quantitative estimate of drug-likeness (QED) is 0.599. The van der Waals surface area contributed by atoms with Crippen LogP contribution in [0.2, 0.25) is 0 Å². The minimum absolute atomic E-state index is 0.0325. The number of hydrogen-bond donors (Lipinski definition) is 3. The van der Waals surface area contributed by atoms with Crippen LogP contribution in [0, 0.1) is 6.92 Å². The van der Waals surface area contributed by atoms with Gasteiger partial charge in [-0.2, -0.15) is 5.10 Å². The van der Waals surface area contributed by atoms with E-state index < -0.39 is 6.03 Å². The number of benzene rings is 2. The molecular weight excluding hydrogens is 282 g/mol.